The summed E-state index contributed by atoms with van der Waals surface area (Å²) in [7, 11) is -2.85. The Balaban J connectivity index is 1.76. The van der Waals surface area contributed by atoms with Gasteiger partial charge < -0.3 is 9.30 Å². The molecule has 0 aliphatic rings. The summed E-state index contributed by atoms with van der Waals surface area (Å²) in [5, 5.41) is 0. The summed E-state index contributed by atoms with van der Waals surface area (Å²) in [6.45, 7) is 2.57. The van der Waals surface area contributed by atoms with Crippen molar-refractivity contribution in [3.05, 3.63) is 65.6 Å². The molecule has 13 heteroatoms. The van der Waals surface area contributed by atoms with Gasteiger partial charge in [-0.3, -0.25) is 4.79 Å². The predicted molar refractivity (Wildman–Crippen MR) is 114 cm³/mol. The lowest BCUT2D eigenvalue weighted by molar-refractivity contribution is -0.138. The van der Waals surface area contributed by atoms with Crippen LogP contribution in [0.3, 0.4) is 0 Å². The van der Waals surface area contributed by atoms with Crippen LogP contribution in [0.5, 0.6) is 0 Å². The van der Waals surface area contributed by atoms with E-state index in [4.69, 9.17) is 0 Å². The van der Waals surface area contributed by atoms with Crippen LogP contribution < -0.4 is 0 Å². The lowest BCUT2D eigenvalue weighted by atomic mass is 10.1. The minimum atomic E-state index is -4.71. The molecule has 0 aliphatic carbocycles. The number of pyridine rings is 1. The van der Waals surface area contributed by atoms with E-state index in [-0.39, 0.29) is 24.3 Å². The maximum atomic E-state index is 13.0. The molecule has 3 aromatic rings. The molecular formula is C22H21F6N3O3S. The van der Waals surface area contributed by atoms with E-state index < -0.39 is 48.9 Å². The van der Waals surface area contributed by atoms with Crippen molar-refractivity contribution < 1.29 is 39.6 Å². The van der Waals surface area contributed by atoms with Crippen molar-refractivity contribution in [1.29, 1.82) is 0 Å². The zero-order valence-corrected chi connectivity index (χ0v) is 19.6. The fourth-order valence-corrected chi connectivity index (χ4v) is 4.83. The highest BCUT2D eigenvalue weighted by molar-refractivity contribution is 7.92. The third kappa shape index (κ3) is 5.44. The Morgan fingerprint density at radius 1 is 1.00 bits per heavy atom. The number of amides is 1. The first-order valence-corrected chi connectivity index (χ1v) is 11.6. The molecule has 1 amide bonds. The van der Waals surface area contributed by atoms with Crippen LogP contribution in [0.2, 0.25) is 0 Å². The molecule has 2 aromatic heterocycles. The van der Waals surface area contributed by atoms with E-state index >= 15 is 0 Å². The molecule has 0 saturated heterocycles. The van der Waals surface area contributed by atoms with Crippen molar-refractivity contribution in [3.63, 3.8) is 0 Å². The molecule has 0 radical (unpaired) electrons. The van der Waals surface area contributed by atoms with E-state index in [1.807, 2.05) is 0 Å². The molecule has 0 saturated carbocycles. The molecule has 0 fully saturated rings. The first-order chi connectivity index (χ1) is 15.9. The van der Waals surface area contributed by atoms with Crippen LogP contribution in [0.1, 0.15) is 41.9 Å². The van der Waals surface area contributed by atoms with Gasteiger partial charge in [0.2, 0.25) is 0 Å². The molecular weight excluding hydrogens is 500 g/mol. The van der Waals surface area contributed by atoms with E-state index in [0.717, 1.165) is 41.4 Å². The third-order valence-corrected chi connectivity index (χ3v) is 8.14. The van der Waals surface area contributed by atoms with Crippen molar-refractivity contribution in [1.82, 2.24) is 14.3 Å². The molecule has 3 rings (SSSR count). The molecule has 0 unspecified atom stereocenters. The smallest absolute Gasteiger partial charge is 0.340 e. The van der Waals surface area contributed by atoms with Crippen molar-refractivity contribution in [2.24, 2.45) is 0 Å². The number of hydrogen-bond acceptors (Lipinski definition) is 4. The van der Waals surface area contributed by atoms with E-state index in [1.54, 1.807) is 0 Å². The Morgan fingerprint density at radius 2 is 1.60 bits per heavy atom. The summed E-state index contributed by atoms with van der Waals surface area (Å²) in [6, 6.07) is 5.06. The zero-order valence-electron chi connectivity index (χ0n) is 18.8. The lowest BCUT2D eigenvalue weighted by Crippen LogP contribution is -2.38. The average molecular weight is 521 g/mol. The second-order valence-corrected chi connectivity index (χ2v) is 11.2. The molecule has 0 spiro atoms. The number of sulfone groups is 1. The quantitative estimate of drug-likeness (QED) is 0.424. The maximum absolute atomic E-state index is 13.0. The minimum Gasteiger partial charge on any atom is -0.340 e. The summed E-state index contributed by atoms with van der Waals surface area (Å²) in [5.74, 6) is -0.658. The molecule has 0 atom stereocenters. The highest BCUT2D eigenvalue weighted by Gasteiger charge is 2.38. The fraction of sp³-hybridized carbons (Fsp3) is 0.364. The highest BCUT2D eigenvalue weighted by atomic mass is 32.2. The van der Waals surface area contributed by atoms with Crippen molar-refractivity contribution in [2.75, 3.05) is 13.6 Å². The number of fused-ring (bicyclic) bond motifs is 1. The van der Waals surface area contributed by atoms with E-state index in [9.17, 15) is 39.6 Å². The number of carbonyl (C=O) groups excluding carboxylic acids is 1. The number of benzene rings is 1. The third-order valence-electron chi connectivity index (χ3n) is 5.60. The lowest BCUT2D eigenvalue weighted by Gasteiger charge is -2.27. The minimum absolute atomic E-state index is 0.0935. The van der Waals surface area contributed by atoms with Gasteiger partial charge >= 0.3 is 12.4 Å². The van der Waals surface area contributed by atoms with Crippen LogP contribution in [0.4, 0.5) is 26.3 Å². The van der Waals surface area contributed by atoms with Crippen LogP contribution in [-0.4, -0.2) is 46.9 Å². The molecule has 6 nitrogen and oxygen atoms in total. The number of alkyl halides is 6. The Bertz CT molecular complexity index is 1360. The molecule has 0 bridgehead atoms. The first kappa shape index (κ1) is 26.5. The number of carbonyl (C=O) groups is 1. The SMILES string of the molecule is CN(CCC(C)(C)S(=O)(=O)c1cccc(C(F)(F)F)c1)C(=O)c1cn2ccc(C(F)(F)F)cc2n1. The Morgan fingerprint density at radius 3 is 2.20 bits per heavy atom. The van der Waals surface area contributed by atoms with Gasteiger partial charge in [-0.1, -0.05) is 6.07 Å². The highest BCUT2D eigenvalue weighted by Crippen LogP contribution is 2.34. The number of aromatic nitrogens is 2. The first-order valence-electron chi connectivity index (χ1n) is 10.2. The number of rotatable bonds is 6. The normalized spacial score (nSPS) is 13.3. The molecule has 190 valence electrons. The number of imidazole rings is 1. The standard InChI is InChI=1S/C22H21F6N3O3S/c1-20(2,35(33,34)16-6-4-5-14(11-16)21(23,24)25)8-10-30(3)19(32)17-13-31-9-7-15(22(26,27)28)12-18(31)29-17/h4-7,9,11-13H,8,10H2,1-3H3. The van der Waals surface area contributed by atoms with Gasteiger partial charge in [0.15, 0.2) is 9.84 Å². The summed E-state index contributed by atoms with van der Waals surface area (Å²) >= 11 is 0. The Labute approximate surface area is 197 Å². The van der Waals surface area contributed by atoms with Gasteiger partial charge in [0.25, 0.3) is 5.91 Å². The van der Waals surface area contributed by atoms with Gasteiger partial charge in [-0.15, -0.1) is 0 Å². The largest absolute Gasteiger partial charge is 0.416 e. The van der Waals surface area contributed by atoms with Crippen LogP contribution in [-0.2, 0) is 22.2 Å². The predicted octanol–water partition coefficient (Wildman–Crippen LogP) is 5.09. The average Bonchev–Trinajstić information content (AvgIpc) is 3.19. The van der Waals surface area contributed by atoms with Gasteiger partial charge in [0, 0.05) is 26.0 Å². The van der Waals surface area contributed by atoms with Gasteiger partial charge in [-0.05, 0) is 50.6 Å². The monoisotopic (exact) mass is 521 g/mol. The summed E-state index contributed by atoms with van der Waals surface area (Å²) in [6.07, 6.45) is -7.05. The van der Waals surface area contributed by atoms with Gasteiger partial charge in [-0.2, -0.15) is 26.3 Å². The second kappa shape index (κ2) is 8.85. The van der Waals surface area contributed by atoms with Crippen LogP contribution in [0, 0.1) is 0 Å². The van der Waals surface area contributed by atoms with Gasteiger partial charge in [0.05, 0.1) is 20.8 Å². The van der Waals surface area contributed by atoms with E-state index in [0.29, 0.717) is 6.07 Å². The topological polar surface area (TPSA) is 71.8 Å². The second-order valence-electron chi connectivity index (χ2n) is 8.57. The van der Waals surface area contributed by atoms with Gasteiger partial charge in [0.1, 0.15) is 11.3 Å². The van der Waals surface area contributed by atoms with Crippen LogP contribution in [0.15, 0.2) is 53.7 Å². The summed E-state index contributed by atoms with van der Waals surface area (Å²) < 4.78 is 104. The number of nitrogens with zero attached hydrogens (tertiary/aromatic N) is 3. The van der Waals surface area contributed by atoms with Gasteiger partial charge in [-0.25, -0.2) is 13.4 Å². The number of halogens is 6. The van der Waals surface area contributed by atoms with Crippen molar-refractivity contribution >= 4 is 21.4 Å². The summed E-state index contributed by atoms with van der Waals surface area (Å²) in [5.41, 5.74) is -2.26. The van der Waals surface area contributed by atoms with Crippen LogP contribution in [0.25, 0.3) is 5.65 Å². The zero-order chi connectivity index (χ0) is 26.4. The maximum Gasteiger partial charge on any atom is 0.416 e. The molecule has 0 N–H and O–H groups in total. The molecule has 1 aromatic carbocycles. The molecule has 2 heterocycles. The van der Waals surface area contributed by atoms with Crippen molar-refractivity contribution in [2.45, 2.75) is 42.3 Å². The molecule has 0 aliphatic heterocycles. The van der Waals surface area contributed by atoms with E-state index in [2.05, 4.69) is 4.98 Å². The Hall–Kier alpha value is -3.09. The van der Waals surface area contributed by atoms with Crippen molar-refractivity contribution in [3.8, 4) is 0 Å². The van der Waals surface area contributed by atoms with Crippen LogP contribution >= 0.6 is 0 Å². The fourth-order valence-electron chi connectivity index (χ4n) is 3.29. The Kier molecular flexibility index (Phi) is 6.70. The molecule has 35 heavy (non-hydrogen) atoms. The number of hydrogen-bond donors (Lipinski definition) is 0. The van der Waals surface area contributed by atoms with E-state index in [1.165, 1.54) is 31.5 Å². The summed E-state index contributed by atoms with van der Waals surface area (Å²) in [4.78, 5) is 17.3.